The van der Waals surface area contributed by atoms with Gasteiger partial charge in [0.2, 0.25) is 0 Å². The summed E-state index contributed by atoms with van der Waals surface area (Å²) < 4.78 is 6.14. The highest BCUT2D eigenvalue weighted by Crippen LogP contribution is 2.36. The van der Waals surface area contributed by atoms with Crippen LogP contribution < -0.4 is 4.74 Å². The summed E-state index contributed by atoms with van der Waals surface area (Å²) in [7, 11) is 3.42. The van der Waals surface area contributed by atoms with E-state index in [2.05, 4.69) is 4.99 Å². The number of halogens is 1. The number of likely N-dealkylation sites (N-methyl/N-ethyl adjacent to an activating group) is 1. The maximum absolute atomic E-state index is 12.6. The first-order chi connectivity index (χ1) is 14.1. The van der Waals surface area contributed by atoms with Crippen LogP contribution in [0.3, 0.4) is 0 Å². The molecule has 4 rings (SSSR count). The molecular formula is C23H19ClN2O2S. The largest absolute Gasteiger partial charge is 0.488 e. The van der Waals surface area contributed by atoms with E-state index in [4.69, 9.17) is 16.3 Å². The summed E-state index contributed by atoms with van der Waals surface area (Å²) in [5.74, 6) is 0.634. The predicted octanol–water partition coefficient (Wildman–Crippen LogP) is 5.60. The first-order valence-electron chi connectivity index (χ1n) is 9.11. The fraction of sp³-hybridized carbons (Fsp3) is 0.130. The third kappa shape index (κ3) is 3.88. The standard InChI is InChI=1S/C23H19ClN2O2S/c1-25-23-26(2)22(27)21(29-23)13-18-17-9-5-3-7-15(17)11-12-20(18)28-14-16-8-4-6-10-19(16)24/h3-13H,14H2,1-2H3/b21-13-,25-23?. The van der Waals surface area contributed by atoms with Gasteiger partial charge >= 0.3 is 0 Å². The zero-order chi connectivity index (χ0) is 20.4. The quantitative estimate of drug-likeness (QED) is 0.513. The number of amides is 1. The minimum Gasteiger partial charge on any atom is -0.488 e. The maximum atomic E-state index is 12.6. The van der Waals surface area contributed by atoms with E-state index in [1.54, 1.807) is 19.0 Å². The summed E-state index contributed by atoms with van der Waals surface area (Å²) >= 11 is 7.64. The SMILES string of the molecule is CN=C1S/C(=C\c2c(OCc3ccccc3Cl)ccc3ccccc23)C(=O)N1C. The minimum atomic E-state index is -0.0689. The number of carbonyl (C=O) groups excluding carboxylic acids is 1. The van der Waals surface area contributed by atoms with E-state index in [0.717, 1.165) is 21.9 Å². The van der Waals surface area contributed by atoms with Crippen LogP contribution in [0, 0.1) is 0 Å². The van der Waals surface area contributed by atoms with Crippen molar-refractivity contribution in [3.8, 4) is 5.75 Å². The normalized spacial score (nSPS) is 16.9. The van der Waals surface area contributed by atoms with Crippen LogP contribution in [0.4, 0.5) is 0 Å². The average molecular weight is 423 g/mol. The Bertz CT molecular complexity index is 1160. The van der Waals surface area contributed by atoms with E-state index in [9.17, 15) is 4.79 Å². The molecule has 6 heteroatoms. The summed E-state index contributed by atoms with van der Waals surface area (Å²) in [5, 5.41) is 3.45. The number of ether oxygens (including phenoxy) is 1. The van der Waals surface area contributed by atoms with Crippen molar-refractivity contribution in [3.63, 3.8) is 0 Å². The van der Waals surface area contributed by atoms with Crippen molar-refractivity contribution >= 4 is 51.3 Å². The summed E-state index contributed by atoms with van der Waals surface area (Å²) in [5.41, 5.74) is 1.78. The van der Waals surface area contributed by atoms with Gasteiger partial charge in [0.05, 0.1) is 4.91 Å². The van der Waals surface area contributed by atoms with E-state index < -0.39 is 0 Å². The van der Waals surface area contributed by atoms with Crippen molar-refractivity contribution < 1.29 is 9.53 Å². The first-order valence-corrected chi connectivity index (χ1v) is 10.3. The second-order valence-corrected chi connectivity index (χ2v) is 7.98. The number of hydrogen-bond acceptors (Lipinski definition) is 4. The molecule has 3 aromatic rings. The molecule has 29 heavy (non-hydrogen) atoms. The van der Waals surface area contributed by atoms with E-state index in [1.165, 1.54) is 11.8 Å². The van der Waals surface area contributed by atoms with Crippen LogP contribution in [-0.4, -0.2) is 30.1 Å². The Kier molecular flexibility index (Phi) is 5.60. The maximum Gasteiger partial charge on any atom is 0.266 e. The number of rotatable bonds is 4. The van der Waals surface area contributed by atoms with E-state index in [1.807, 2.05) is 66.7 Å². The second kappa shape index (κ2) is 8.31. The Labute approximate surface area is 178 Å². The predicted molar refractivity (Wildman–Crippen MR) is 121 cm³/mol. The Balaban J connectivity index is 1.77. The number of benzene rings is 3. The number of hydrogen-bond donors (Lipinski definition) is 0. The van der Waals surface area contributed by atoms with Crippen LogP contribution in [0.25, 0.3) is 16.8 Å². The van der Waals surface area contributed by atoms with Gasteiger partial charge in [-0.1, -0.05) is 60.1 Å². The highest BCUT2D eigenvalue weighted by Gasteiger charge is 2.30. The van der Waals surface area contributed by atoms with Gasteiger partial charge in [0, 0.05) is 30.2 Å². The molecule has 1 fully saturated rings. The van der Waals surface area contributed by atoms with Gasteiger partial charge in [0.25, 0.3) is 5.91 Å². The van der Waals surface area contributed by atoms with Gasteiger partial charge in [-0.2, -0.15) is 0 Å². The Morgan fingerprint density at radius 3 is 2.62 bits per heavy atom. The van der Waals surface area contributed by atoms with Gasteiger partial charge in [-0.05, 0) is 40.7 Å². The molecule has 146 valence electrons. The van der Waals surface area contributed by atoms with Crippen molar-refractivity contribution in [3.05, 3.63) is 81.7 Å². The number of carbonyl (C=O) groups is 1. The molecule has 0 saturated carbocycles. The highest BCUT2D eigenvalue weighted by molar-refractivity contribution is 8.18. The summed E-state index contributed by atoms with van der Waals surface area (Å²) in [6, 6.07) is 19.6. The van der Waals surface area contributed by atoms with Crippen molar-refractivity contribution in [2.45, 2.75) is 6.61 Å². The topological polar surface area (TPSA) is 41.9 Å². The lowest BCUT2D eigenvalue weighted by Gasteiger charge is -2.13. The van der Waals surface area contributed by atoms with Gasteiger partial charge in [-0.15, -0.1) is 0 Å². The summed E-state index contributed by atoms with van der Waals surface area (Å²) in [4.78, 5) is 19.0. The van der Waals surface area contributed by atoms with E-state index in [0.29, 0.717) is 27.5 Å². The fourth-order valence-corrected chi connectivity index (χ4v) is 4.30. The fourth-order valence-electron chi connectivity index (χ4n) is 3.20. The average Bonchev–Trinajstić information content (AvgIpc) is 3.02. The van der Waals surface area contributed by atoms with Gasteiger partial charge in [0.1, 0.15) is 12.4 Å². The van der Waals surface area contributed by atoms with Crippen molar-refractivity contribution in [2.75, 3.05) is 14.1 Å². The van der Waals surface area contributed by atoms with Gasteiger partial charge < -0.3 is 4.74 Å². The Morgan fingerprint density at radius 2 is 1.86 bits per heavy atom. The van der Waals surface area contributed by atoms with Crippen molar-refractivity contribution in [1.29, 1.82) is 0 Å². The molecule has 0 unspecified atom stereocenters. The van der Waals surface area contributed by atoms with Crippen molar-refractivity contribution in [1.82, 2.24) is 4.90 Å². The number of nitrogens with zero attached hydrogens (tertiary/aromatic N) is 2. The lowest BCUT2D eigenvalue weighted by atomic mass is 10.0. The first kappa shape index (κ1) is 19.6. The molecule has 1 aliphatic rings. The molecule has 1 heterocycles. The third-order valence-corrected chi connectivity index (χ3v) is 6.26. The molecule has 0 aliphatic carbocycles. The summed E-state index contributed by atoms with van der Waals surface area (Å²) in [6.07, 6.45) is 1.89. The van der Waals surface area contributed by atoms with E-state index in [-0.39, 0.29) is 5.91 Å². The monoisotopic (exact) mass is 422 g/mol. The third-order valence-electron chi connectivity index (χ3n) is 4.74. The Hall–Kier alpha value is -2.76. The number of fused-ring (bicyclic) bond motifs is 1. The highest BCUT2D eigenvalue weighted by atomic mass is 35.5. The molecule has 0 radical (unpaired) electrons. The van der Waals surface area contributed by atoms with Crippen LogP contribution in [0.5, 0.6) is 5.75 Å². The smallest absolute Gasteiger partial charge is 0.266 e. The molecule has 3 aromatic carbocycles. The molecule has 1 aliphatic heterocycles. The van der Waals surface area contributed by atoms with Gasteiger partial charge in [0.15, 0.2) is 5.17 Å². The molecule has 0 aromatic heterocycles. The molecule has 0 atom stereocenters. The number of aliphatic imine (C=N–C) groups is 1. The zero-order valence-corrected chi connectivity index (χ0v) is 17.6. The molecule has 1 saturated heterocycles. The molecule has 0 bridgehead atoms. The number of thioether (sulfide) groups is 1. The molecule has 1 amide bonds. The summed E-state index contributed by atoms with van der Waals surface area (Å²) in [6.45, 7) is 0.344. The van der Waals surface area contributed by atoms with Gasteiger partial charge in [-0.25, -0.2) is 0 Å². The minimum absolute atomic E-state index is 0.0689. The molecular weight excluding hydrogens is 404 g/mol. The van der Waals surface area contributed by atoms with Crippen LogP contribution in [0.2, 0.25) is 5.02 Å². The molecule has 0 N–H and O–H groups in total. The van der Waals surface area contributed by atoms with Crippen molar-refractivity contribution in [2.24, 2.45) is 4.99 Å². The van der Waals surface area contributed by atoms with Crippen LogP contribution in [-0.2, 0) is 11.4 Å². The molecule has 0 spiro atoms. The zero-order valence-electron chi connectivity index (χ0n) is 16.1. The Morgan fingerprint density at radius 1 is 1.10 bits per heavy atom. The molecule has 4 nitrogen and oxygen atoms in total. The second-order valence-electron chi connectivity index (χ2n) is 6.56. The number of amidine groups is 1. The van der Waals surface area contributed by atoms with E-state index >= 15 is 0 Å². The lowest BCUT2D eigenvalue weighted by molar-refractivity contribution is -0.121. The van der Waals surface area contributed by atoms with Crippen LogP contribution >= 0.6 is 23.4 Å². The van der Waals surface area contributed by atoms with Crippen LogP contribution in [0.15, 0.2) is 70.6 Å². The van der Waals surface area contributed by atoms with Crippen LogP contribution in [0.1, 0.15) is 11.1 Å². The lowest BCUT2D eigenvalue weighted by Crippen LogP contribution is -2.23. The van der Waals surface area contributed by atoms with Gasteiger partial charge in [-0.3, -0.25) is 14.7 Å².